The highest BCUT2D eigenvalue weighted by Crippen LogP contribution is 2.35. The minimum atomic E-state index is 0.610. The highest BCUT2D eigenvalue weighted by Gasteiger charge is 2.14. The van der Waals surface area contributed by atoms with Gasteiger partial charge in [0.15, 0.2) is 0 Å². The normalized spacial score (nSPS) is 18.2. The van der Waals surface area contributed by atoms with Crippen LogP contribution < -0.4 is 5.32 Å². The SMILES string of the molecule is Brc1cc(Br)c(NC2CCCCCCC2)c(Br)c1. The molecule has 0 bridgehead atoms. The largest absolute Gasteiger partial charge is 0.380 e. The predicted molar refractivity (Wildman–Crippen MR) is 89.3 cm³/mol. The molecule has 4 heteroatoms. The van der Waals surface area contributed by atoms with Crippen LogP contribution in [0.1, 0.15) is 44.9 Å². The quantitative estimate of drug-likeness (QED) is 0.554. The fourth-order valence-electron chi connectivity index (χ4n) is 2.48. The molecule has 0 unspecified atom stereocenters. The summed E-state index contributed by atoms with van der Waals surface area (Å²) in [6, 6.07) is 4.80. The standard InChI is InChI=1S/C14H18Br3N/c15-10-8-12(16)14(13(17)9-10)18-11-6-4-2-1-3-5-7-11/h8-9,11,18H,1-7H2. The molecule has 1 aliphatic carbocycles. The molecule has 0 saturated heterocycles. The molecule has 1 nitrogen and oxygen atoms in total. The van der Waals surface area contributed by atoms with Crippen molar-refractivity contribution < 1.29 is 0 Å². The molecule has 0 radical (unpaired) electrons. The Kier molecular flexibility index (Phi) is 6.02. The van der Waals surface area contributed by atoms with E-state index in [1.165, 1.54) is 50.6 Å². The molecule has 18 heavy (non-hydrogen) atoms. The number of rotatable bonds is 2. The van der Waals surface area contributed by atoms with Crippen molar-refractivity contribution >= 4 is 53.5 Å². The van der Waals surface area contributed by atoms with Gasteiger partial charge in [0.25, 0.3) is 0 Å². The van der Waals surface area contributed by atoms with E-state index >= 15 is 0 Å². The lowest BCUT2D eigenvalue weighted by atomic mass is 9.96. The Morgan fingerprint density at radius 2 is 1.33 bits per heavy atom. The Labute approximate surface area is 134 Å². The van der Waals surface area contributed by atoms with Crippen LogP contribution in [0.3, 0.4) is 0 Å². The Morgan fingerprint density at radius 3 is 1.89 bits per heavy atom. The molecule has 0 atom stereocenters. The van der Waals surface area contributed by atoms with Crippen molar-refractivity contribution in [1.29, 1.82) is 0 Å². The van der Waals surface area contributed by atoms with Crippen LogP contribution in [0.15, 0.2) is 25.6 Å². The second kappa shape index (κ2) is 7.30. The monoisotopic (exact) mass is 437 g/mol. The first kappa shape index (κ1) is 14.9. The van der Waals surface area contributed by atoms with E-state index in [9.17, 15) is 0 Å². The van der Waals surface area contributed by atoms with Gasteiger partial charge in [-0.05, 0) is 56.8 Å². The fourth-order valence-corrected chi connectivity index (χ4v) is 4.97. The molecule has 1 N–H and O–H groups in total. The van der Waals surface area contributed by atoms with Gasteiger partial charge in [0.2, 0.25) is 0 Å². The van der Waals surface area contributed by atoms with Crippen LogP contribution in [-0.4, -0.2) is 6.04 Å². The first-order valence-electron chi connectivity index (χ1n) is 6.58. The average molecular weight is 440 g/mol. The van der Waals surface area contributed by atoms with Crippen LogP contribution >= 0.6 is 47.8 Å². The molecule has 2 rings (SSSR count). The van der Waals surface area contributed by atoms with E-state index in [1.54, 1.807) is 0 Å². The van der Waals surface area contributed by atoms with Crippen molar-refractivity contribution in [3.63, 3.8) is 0 Å². The van der Waals surface area contributed by atoms with Crippen LogP contribution in [-0.2, 0) is 0 Å². The van der Waals surface area contributed by atoms with E-state index in [0.717, 1.165) is 13.4 Å². The zero-order valence-electron chi connectivity index (χ0n) is 10.3. The van der Waals surface area contributed by atoms with E-state index in [1.807, 2.05) is 0 Å². The molecule has 0 aliphatic heterocycles. The first-order chi connectivity index (χ1) is 8.66. The van der Waals surface area contributed by atoms with E-state index < -0.39 is 0 Å². The second-order valence-electron chi connectivity index (χ2n) is 4.93. The van der Waals surface area contributed by atoms with Gasteiger partial charge in [-0.3, -0.25) is 0 Å². The maximum absolute atomic E-state index is 3.70. The summed E-state index contributed by atoms with van der Waals surface area (Å²) >= 11 is 10.8. The highest BCUT2D eigenvalue weighted by atomic mass is 79.9. The summed E-state index contributed by atoms with van der Waals surface area (Å²) in [6.45, 7) is 0. The molecule has 0 spiro atoms. The number of hydrogen-bond donors (Lipinski definition) is 1. The first-order valence-corrected chi connectivity index (χ1v) is 8.96. The maximum atomic E-state index is 3.70. The lowest BCUT2D eigenvalue weighted by molar-refractivity contribution is 0.471. The third kappa shape index (κ3) is 4.24. The van der Waals surface area contributed by atoms with Gasteiger partial charge in [-0.1, -0.05) is 48.0 Å². The third-order valence-corrected chi connectivity index (χ3v) is 5.17. The molecule has 1 saturated carbocycles. The lowest BCUT2D eigenvalue weighted by Gasteiger charge is -2.23. The Balaban J connectivity index is 2.07. The summed E-state index contributed by atoms with van der Waals surface area (Å²) in [5.74, 6) is 0. The molecule has 1 aromatic rings. The van der Waals surface area contributed by atoms with Gasteiger partial charge in [-0.15, -0.1) is 0 Å². The topological polar surface area (TPSA) is 12.0 Å². The van der Waals surface area contributed by atoms with Gasteiger partial charge < -0.3 is 5.32 Å². The van der Waals surface area contributed by atoms with Crippen LogP contribution in [0, 0.1) is 0 Å². The Bertz CT molecular complexity index is 375. The summed E-state index contributed by atoms with van der Waals surface area (Å²) in [5, 5.41) is 3.70. The van der Waals surface area contributed by atoms with Crippen LogP contribution in [0.4, 0.5) is 5.69 Å². The lowest BCUT2D eigenvalue weighted by Crippen LogP contribution is -2.21. The van der Waals surface area contributed by atoms with Gasteiger partial charge in [-0.25, -0.2) is 0 Å². The summed E-state index contributed by atoms with van der Waals surface area (Å²) in [5.41, 5.74) is 1.18. The molecule has 1 aromatic carbocycles. The molecule has 100 valence electrons. The summed E-state index contributed by atoms with van der Waals surface area (Å²) in [7, 11) is 0. The number of hydrogen-bond acceptors (Lipinski definition) is 1. The van der Waals surface area contributed by atoms with E-state index in [0.29, 0.717) is 6.04 Å². The van der Waals surface area contributed by atoms with E-state index in [4.69, 9.17) is 0 Å². The molecular weight excluding hydrogens is 422 g/mol. The van der Waals surface area contributed by atoms with Crippen molar-refractivity contribution in [3.8, 4) is 0 Å². The van der Waals surface area contributed by atoms with Gasteiger partial charge in [0.1, 0.15) is 0 Å². The minimum Gasteiger partial charge on any atom is -0.380 e. The molecule has 0 aromatic heterocycles. The van der Waals surface area contributed by atoms with Gasteiger partial charge in [-0.2, -0.15) is 0 Å². The summed E-state index contributed by atoms with van der Waals surface area (Å²) < 4.78 is 3.32. The van der Waals surface area contributed by atoms with Crippen LogP contribution in [0.25, 0.3) is 0 Å². The zero-order chi connectivity index (χ0) is 13.0. The molecule has 1 aliphatic rings. The summed E-state index contributed by atoms with van der Waals surface area (Å²) in [6.07, 6.45) is 9.47. The third-order valence-electron chi connectivity index (χ3n) is 3.46. The molecular formula is C14H18Br3N. The summed E-state index contributed by atoms with van der Waals surface area (Å²) in [4.78, 5) is 0. The van der Waals surface area contributed by atoms with Gasteiger partial charge >= 0.3 is 0 Å². The van der Waals surface area contributed by atoms with Crippen molar-refractivity contribution in [3.05, 3.63) is 25.6 Å². The molecule has 0 amide bonds. The maximum Gasteiger partial charge on any atom is 0.0631 e. The minimum absolute atomic E-state index is 0.610. The van der Waals surface area contributed by atoms with Crippen molar-refractivity contribution in [2.24, 2.45) is 0 Å². The zero-order valence-corrected chi connectivity index (χ0v) is 15.1. The molecule has 1 fully saturated rings. The van der Waals surface area contributed by atoms with Gasteiger partial charge in [0, 0.05) is 19.5 Å². The number of halogens is 3. The van der Waals surface area contributed by atoms with E-state index in [-0.39, 0.29) is 0 Å². The molecule has 0 heterocycles. The van der Waals surface area contributed by atoms with Gasteiger partial charge in [0.05, 0.1) is 5.69 Å². The smallest absolute Gasteiger partial charge is 0.0631 e. The number of benzene rings is 1. The van der Waals surface area contributed by atoms with Crippen molar-refractivity contribution in [2.45, 2.75) is 51.0 Å². The highest BCUT2D eigenvalue weighted by molar-refractivity contribution is 9.11. The number of nitrogens with one attached hydrogen (secondary N) is 1. The number of anilines is 1. The van der Waals surface area contributed by atoms with Crippen LogP contribution in [0.2, 0.25) is 0 Å². The Morgan fingerprint density at radius 1 is 0.833 bits per heavy atom. The van der Waals surface area contributed by atoms with E-state index in [2.05, 4.69) is 65.2 Å². The predicted octanol–water partition coefficient (Wildman–Crippen LogP) is 6.50. The second-order valence-corrected chi connectivity index (χ2v) is 7.56. The van der Waals surface area contributed by atoms with Crippen LogP contribution in [0.5, 0.6) is 0 Å². The fraction of sp³-hybridized carbons (Fsp3) is 0.571. The van der Waals surface area contributed by atoms with Crippen molar-refractivity contribution in [2.75, 3.05) is 5.32 Å². The average Bonchev–Trinajstić information content (AvgIpc) is 2.25. The Hall–Kier alpha value is 0.460. The van der Waals surface area contributed by atoms with Crippen molar-refractivity contribution in [1.82, 2.24) is 0 Å².